The van der Waals surface area contributed by atoms with Gasteiger partial charge in [0.15, 0.2) is 0 Å². The van der Waals surface area contributed by atoms with Crippen LogP contribution in [0.2, 0.25) is 0 Å². The van der Waals surface area contributed by atoms with Crippen molar-refractivity contribution in [2.24, 2.45) is 5.92 Å². The van der Waals surface area contributed by atoms with Crippen LogP contribution in [0.1, 0.15) is 41.5 Å². The number of aliphatic hydroxyl groups is 1. The maximum absolute atomic E-state index is 10.3. The highest BCUT2D eigenvalue weighted by molar-refractivity contribution is 4.80. The van der Waals surface area contributed by atoms with E-state index in [1.54, 1.807) is 0 Å². The van der Waals surface area contributed by atoms with Gasteiger partial charge in [0.05, 0.1) is 5.60 Å². The van der Waals surface area contributed by atoms with E-state index in [0.717, 1.165) is 19.6 Å². The highest BCUT2D eigenvalue weighted by Crippen LogP contribution is 2.08. The van der Waals surface area contributed by atoms with E-state index in [4.69, 9.17) is 0 Å². The zero-order chi connectivity index (χ0) is 12.8. The second kappa shape index (κ2) is 7.25. The minimum Gasteiger partial charge on any atom is -0.388 e. The fourth-order valence-corrected chi connectivity index (χ4v) is 1.78. The van der Waals surface area contributed by atoms with Crippen LogP contribution in [0.4, 0.5) is 0 Å². The van der Waals surface area contributed by atoms with Crippen LogP contribution in [0.25, 0.3) is 0 Å². The number of hydrogen-bond acceptors (Lipinski definition) is 3. The Bertz CT molecular complexity index is 179. The van der Waals surface area contributed by atoms with Gasteiger partial charge in [0.25, 0.3) is 0 Å². The van der Waals surface area contributed by atoms with Crippen molar-refractivity contribution >= 4 is 0 Å². The molecule has 0 saturated carbocycles. The number of rotatable bonds is 8. The molecule has 1 unspecified atom stereocenters. The van der Waals surface area contributed by atoms with Crippen molar-refractivity contribution in [1.82, 2.24) is 10.2 Å². The Morgan fingerprint density at radius 1 is 1.25 bits per heavy atom. The molecule has 98 valence electrons. The standard InChI is InChI=1S/C13H30N2O/c1-7-15(8-11(2)3)10-13(6,16)9-14-12(4)5/h11-12,14,16H,7-10H2,1-6H3. The van der Waals surface area contributed by atoms with E-state index < -0.39 is 5.60 Å². The third-order valence-electron chi connectivity index (χ3n) is 2.53. The maximum Gasteiger partial charge on any atom is 0.0869 e. The second-order valence-corrected chi connectivity index (χ2v) is 5.75. The lowest BCUT2D eigenvalue weighted by atomic mass is 10.0. The zero-order valence-electron chi connectivity index (χ0n) is 11.9. The van der Waals surface area contributed by atoms with Gasteiger partial charge in [0, 0.05) is 25.7 Å². The molecule has 16 heavy (non-hydrogen) atoms. The lowest BCUT2D eigenvalue weighted by Crippen LogP contribution is -2.49. The van der Waals surface area contributed by atoms with E-state index in [1.165, 1.54) is 0 Å². The van der Waals surface area contributed by atoms with E-state index in [0.29, 0.717) is 18.5 Å². The van der Waals surface area contributed by atoms with Crippen LogP contribution in [0, 0.1) is 5.92 Å². The van der Waals surface area contributed by atoms with Gasteiger partial charge < -0.3 is 15.3 Å². The zero-order valence-corrected chi connectivity index (χ0v) is 11.9. The predicted molar refractivity (Wildman–Crippen MR) is 70.7 cm³/mol. The molecule has 0 amide bonds. The summed E-state index contributed by atoms with van der Waals surface area (Å²) in [7, 11) is 0. The Labute approximate surface area is 101 Å². The molecule has 0 fully saturated rings. The smallest absolute Gasteiger partial charge is 0.0869 e. The molecule has 0 aromatic heterocycles. The lowest BCUT2D eigenvalue weighted by Gasteiger charge is -2.32. The summed E-state index contributed by atoms with van der Waals surface area (Å²) in [6.07, 6.45) is 0. The Hall–Kier alpha value is -0.120. The van der Waals surface area contributed by atoms with Crippen LogP contribution >= 0.6 is 0 Å². The molecule has 0 aromatic rings. The summed E-state index contributed by atoms with van der Waals surface area (Å²) in [5, 5.41) is 13.6. The van der Waals surface area contributed by atoms with Crippen molar-refractivity contribution < 1.29 is 5.11 Å². The molecular formula is C13H30N2O. The average molecular weight is 230 g/mol. The second-order valence-electron chi connectivity index (χ2n) is 5.75. The first kappa shape index (κ1) is 15.9. The van der Waals surface area contributed by atoms with Gasteiger partial charge in [0.1, 0.15) is 0 Å². The SMILES string of the molecule is CCN(CC(C)C)CC(C)(O)CNC(C)C. The number of likely N-dealkylation sites (N-methyl/N-ethyl adjacent to an activating group) is 1. The number of nitrogens with one attached hydrogen (secondary N) is 1. The fourth-order valence-electron chi connectivity index (χ4n) is 1.78. The van der Waals surface area contributed by atoms with Gasteiger partial charge in [-0.05, 0) is 19.4 Å². The van der Waals surface area contributed by atoms with Gasteiger partial charge in [-0.3, -0.25) is 0 Å². The van der Waals surface area contributed by atoms with Crippen LogP contribution in [0.5, 0.6) is 0 Å². The van der Waals surface area contributed by atoms with Crippen molar-refractivity contribution in [3.05, 3.63) is 0 Å². The summed E-state index contributed by atoms with van der Waals surface area (Å²) in [5.74, 6) is 0.647. The topological polar surface area (TPSA) is 35.5 Å². The van der Waals surface area contributed by atoms with Crippen molar-refractivity contribution in [2.75, 3.05) is 26.2 Å². The minimum atomic E-state index is -0.644. The van der Waals surface area contributed by atoms with E-state index in [-0.39, 0.29) is 0 Å². The van der Waals surface area contributed by atoms with E-state index in [1.807, 2.05) is 6.92 Å². The van der Waals surface area contributed by atoms with Crippen molar-refractivity contribution in [3.8, 4) is 0 Å². The average Bonchev–Trinajstić information content (AvgIpc) is 2.13. The summed E-state index contributed by atoms with van der Waals surface area (Å²) >= 11 is 0. The van der Waals surface area contributed by atoms with Crippen LogP contribution in [-0.2, 0) is 0 Å². The van der Waals surface area contributed by atoms with Crippen LogP contribution in [0.3, 0.4) is 0 Å². The van der Waals surface area contributed by atoms with Crippen LogP contribution in [-0.4, -0.2) is 47.8 Å². The maximum atomic E-state index is 10.3. The monoisotopic (exact) mass is 230 g/mol. The molecule has 0 aliphatic rings. The highest BCUT2D eigenvalue weighted by Gasteiger charge is 2.23. The molecule has 0 heterocycles. The Morgan fingerprint density at radius 2 is 1.81 bits per heavy atom. The first-order valence-electron chi connectivity index (χ1n) is 6.45. The van der Waals surface area contributed by atoms with Gasteiger partial charge in [0.2, 0.25) is 0 Å². The molecule has 3 heteroatoms. The molecule has 1 atom stereocenters. The molecule has 0 aliphatic heterocycles. The molecule has 0 radical (unpaired) electrons. The minimum absolute atomic E-state index is 0.423. The summed E-state index contributed by atoms with van der Waals surface area (Å²) in [6.45, 7) is 16.1. The molecular weight excluding hydrogens is 200 g/mol. The molecule has 0 aromatic carbocycles. The van der Waals surface area contributed by atoms with Gasteiger partial charge in [-0.1, -0.05) is 34.6 Å². The van der Waals surface area contributed by atoms with Gasteiger partial charge >= 0.3 is 0 Å². The van der Waals surface area contributed by atoms with E-state index in [2.05, 4.69) is 44.8 Å². The fraction of sp³-hybridized carbons (Fsp3) is 1.00. The van der Waals surface area contributed by atoms with Crippen molar-refractivity contribution in [1.29, 1.82) is 0 Å². The summed E-state index contributed by atoms with van der Waals surface area (Å²) in [4.78, 5) is 2.31. The first-order chi connectivity index (χ1) is 7.26. The first-order valence-corrected chi connectivity index (χ1v) is 6.45. The number of hydrogen-bond donors (Lipinski definition) is 2. The largest absolute Gasteiger partial charge is 0.388 e. The molecule has 2 N–H and O–H groups in total. The summed E-state index contributed by atoms with van der Waals surface area (Å²) < 4.78 is 0. The quantitative estimate of drug-likeness (QED) is 0.666. The molecule has 3 nitrogen and oxygen atoms in total. The van der Waals surface area contributed by atoms with E-state index in [9.17, 15) is 5.11 Å². The Kier molecular flexibility index (Phi) is 7.20. The van der Waals surface area contributed by atoms with Crippen molar-refractivity contribution in [2.45, 2.75) is 53.2 Å². The predicted octanol–water partition coefficient (Wildman–Crippen LogP) is 1.71. The molecule has 0 spiro atoms. The van der Waals surface area contributed by atoms with Crippen molar-refractivity contribution in [3.63, 3.8) is 0 Å². The molecule has 0 saturated heterocycles. The van der Waals surface area contributed by atoms with Crippen LogP contribution < -0.4 is 5.32 Å². The molecule has 0 rings (SSSR count). The molecule has 0 aliphatic carbocycles. The molecule has 0 bridgehead atoms. The van der Waals surface area contributed by atoms with Gasteiger partial charge in [-0.2, -0.15) is 0 Å². The van der Waals surface area contributed by atoms with E-state index >= 15 is 0 Å². The van der Waals surface area contributed by atoms with Gasteiger partial charge in [-0.25, -0.2) is 0 Å². The summed E-state index contributed by atoms with van der Waals surface area (Å²) in [5.41, 5.74) is -0.644. The third kappa shape index (κ3) is 8.08. The van der Waals surface area contributed by atoms with Gasteiger partial charge in [-0.15, -0.1) is 0 Å². The van der Waals surface area contributed by atoms with Crippen LogP contribution in [0.15, 0.2) is 0 Å². The summed E-state index contributed by atoms with van der Waals surface area (Å²) in [6, 6.07) is 0.423. The Balaban J connectivity index is 4.09. The lowest BCUT2D eigenvalue weighted by molar-refractivity contribution is 0.0171. The Morgan fingerprint density at radius 3 is 2.19 bits per heavy atom. The third-order valence-corrected chi connectivity index (χ3v) is 2.53. The normalized spacial score (nSPS) is 16.1. The highest BCUT2D eigenvalue weighted by atomic mass is 16.3. The number of nitrogens with zero attached hydrogens (tertiary/aromatic N) is 1.